The van der Waals surface area contributed by atoms with E-state index in [9.17, 15) is 18.4 Å². The number of benzene rings is 1. The molecular formula is C18H24F3N3. The van der Waals surface area contributed by atoms with Gasteiger partial charge in [0, 0.05) is 17.1 Å². The molecule has 1 aromatic carbocycles. The second kappa shape index (κ2) is 5.96. The van der Waals surface area contributed by atoms with Gasteiger partial charge in [-0.25, -0.2) is 0 Å². The summed E-state index contributed by atoms with van der Waals surface area (Å²) in [6.07, 6.45) is -2.85. The van der Waals surface area contributed by atoms with Crippen LogP contribution in [0.2, 0.25) is 0 Å². The van der Waals surface area contributed by atoms with Crippen LogP contribution in [0.1, 0.15) is 51.7 Å². The van der Waals surface area contributed by atoms with Crippen molar-refractivity contribution in [1.82, 2.24) is 4.90 Å². The fourth-order valence-corrected chi connectivity index (χ4v) is 3.63. The van der Waals surface area contributed by atoms with Crippen molar-refractivity contribution in [1.29, 1.82) is 5.26 Å². The van der Waals surface area contributed by atoms with Gasteiger partial charge < -0.3 is 5.32 Å². The lowest BCUT2D eigenvalue weighted by molar-refractivity contribution is -0.137. The number of anilines is 1. The molecule has 24 heavy (non-hydrogen) atoms. The topological polar surface area (TPSA) is 39.1 Å². The molecular weight excluding hydrogens is 315 g/mol. The van der Waals surface area contributed by atoms with Crippen LogP contribution in [-0.2, 0) is 6.18 Å². The third-order valence-electron chi connectivity index (χ3n) is 5.13. The maximum Gasteiger partial charge on any atom is 0.416 e. The molecule has 1 saturated heterocycles. The highest BCUT2D eigenvalue weighted by molar-refractivity contribution is 5.60. The van der Waals surface area contributed by atoms with Crippen molar-refractivity contribution in [2.24, 2.45) is 0 Å². The first kappa shape index (κ1) is 18.6. The Labute approximate surface area is 141 Å². The summed E-state index contributed by atoms with van der Waals surface area (Å²) in [5.74, 6) is 0. The summed E-state index contributed by atoms with van der Waals surface area (Å²) >= 11 is 0. The average molecular weight is 339 g/mol. The second-order valence-corrected chi connectivity index (χ2v) is 7.80. The van der Waals surface area contributed by atoms with Gasteiger partial charge >= 0.3 is 6.18 Å². The summed E-state index contributed by atoms with van der Waals surface area (Å²) in [6, 6.07) is 5.20. The Balaban J connectivity index is 2.32. The SMILES string of the molecule is CN1C(C)(C)CC(Nc2cc(C(F)(F)F)ccc2C#N)CC1(C)C. The van der Waals surface area contributed by atoms with Crippen LogP contribution in [0.25, 0.3) is 0 Å². The molecule has 1 fully saturated rings. The lowest BCUT2D eigenvalue weighted by Gasteiger charge is -2.54. The number of rotatable bonds is 2. The smallest absolute Gasteiger partial charge is 0.381 e. The summed E-state index contributed by atoms with van der Waals surface area (Å²) in [6.45, 7) is 8.50. The molecule has 0 radical (unpaired) electrons. The predicted octanol–water partition coefficient (Wildman–Crippen LogP) is 4.64. The molecule has 0 spiro atoms. The molecule has 0 amide bonds. The monoisotopic (exact) mass is 339 g/mol. The molecule has 1 aliphatic rings. The van der Waals surface area contributed by atoms with Crippen LogP contribution in [-0.4, -0.2) is 29.1 Å². The van der Waals surface area contributed by atoms with Crippen LogP contribution in [0.5, 0.6) is 0 Å². The van der Waals surface area contributed by atoms with Gasteiger partial charge in [0.2, 0.25) is 0 Å². The van der Waals surface area contributed by atoms with E-state index >= 15 is 0 Å². The number of hydrogen-bond donors (Lipinski definition) is 1. The van der Waals surface area contributed by atoms with E-state index in [0.29, 0.717) is 0 Å². The minimum atomic E-state index is -4.42. The standard InChI is InChI=1S/C18H24F3N3/c1-16(2)9-14(10-17(3,4)24(16)5)23-15-8-13(18(19,20)21)7-6-12(15)11-22/h6-8,14,23H,9-10H2,1-5H3. The summed E-state index contributed by atoms with van der Waals surface area (Å²) in [5, 5.41) is 12.4. The van der Waals surface area contributed by atoms with Gasteiger partial charge in [0.15, 0.2) is 0 Å². The second-order valence-electron chi connectivity index (χ2n) is 7.80. The van der Waals surface area contributed by atoms with E-state index in [-0.39, 0.29) is 28.4 Å². The highest BCUT2D eigenvalue weighted by Crippen LogP contribution is 2.39. The Hall–Kier alpha value is -1.74. The van der Waals surface area contributed by atoms with E-state index in [1.165, 1.54) is 6.07 Å². The quantitative estimate of drug-likeness (QED) is 0.853. The number of nitrogens with one attached hydrogen (secondary N) is 1. The maximum atomic E-state index is 13.0. The molecule has 1 aliphatic heterocycles. The zero-order valence-electron chi connectivity index (χ0n) is 14.8. The fraction of sp³-hybridized carbons (Fsp3) is 0.611. The molecule has 1 heterocycles. The summed E-state index contributed by atoms with van der Waals surface area (Å²) in [7, 11) is 2.07. The van der Waals surface area contributed by atoms with Crippen molar-refractivity contribution >= 4 is 5.69 Å². The van der Waals surface area contributed by atoms with Crippen molar-refractivity contribution in [3.05, 3.63) is 29.3 Å². The van der Waals surface area contributed by atoms with E-state index in [0.717, 1.165) is 25.0 Å². The molecule has 0 atom stereocenters. The van der Waals surface area contributed by atoms with Gasteiger partial charge in [-0.05, 0) is 65.8 Å². The molecule has 6 heteroatoms. The molecule has 0 aromatic heterocycles. The number of nitriles is 1. The van der Waals surface area contributed by atoms with Crippen LogP contribution in [0, 0.1) is 11.3 Å². The van der Waals surface area contributed by atoms with E-state index < -0.39 is 11.7 Å². The molecule has 3 nitrogen and oxygen atoms in total. The van der Waals surface area contributed by atoms with E-state index in [2.05, 4.69) is 45.0 Å². The zero-order valence-corrected chi connectivity index (χ0v) is 14.8. The summed E-state index contributed by atoms with van der Waals surface area (Å²) in [5.41, 5.74) is -0.427. The highest BCUT2D eigenvalue weighted by Gasteiger charge is 2.43. The molecule has 0 unspecified atom stereocenters. The number of hydrogen-bond acceptors (Lipinski definition) is 3. The Kier molecular flexibility index (Phi) is 4.62. The first-order valence-electron chi connectivity index (χ1n) is 7.99. The van der Waals surface area contributed by atoms with Gasteiger partial charge in [0.1, 0.15) is 6.07 Å². The molecule has 1 aromatic rings. The first-order chi connectivity index (χ1) is 10.9. The fourth-order valence-electron chi connectivity index (χ4n) is 3.63. The van der Waals surface area contributed by atoms with Crippen molar-refractivity contribution in [3.63, 3.8) is 0 Å². The number of likely N-dealkylation sites (tertiary alicyclic amines) is 1. The molecule has 1 N–H and O–H groups in total. The van der Waals surface area contributed by atoms with Crippen LogP contribution < -0.4 is 5.32 Å². The number of piperidine rings is 1. The Morgan fingerprint density at radius 3 is 2.17 bits per heavy atom. The largest absolute Gasteiger partial charge is 0.416 e. The minimum Gasteiger partial charge on any atom is -0.381 e. The lowest BCUT2D eigenvalue weighted by atomic mass is 9.77. The van der Waals surface area contributed by atoms with Crippen LogP contribution in [0.3, 0.4) is 0 Å². The highest BCUT2D eigenvalue weighted by atomic mass is 19.4. The number of alkyl halides is 3. The zero-order chi connectivity index (χ0) is 18.3. The van der Waals surface area contributed by atoms with E-state index in [1.54, 1.807) is 0 Å². The molecule has 132 valence electrons. The van der Waals surface area contributed by atoms with Crippen molar-refractivity contribution in [2.75, 3.05) is 12.4 Å². The van der Waals surface area contributed by atoms with Gasteiger partial charge in [0.25, 0.3) is 0 Å². The van der Waals surface area contributed by atoms with E-state index in [4.69, 9.17) is 0 Å². The Morgan fingerprint density at radius 1 is 1.17 bits per heavy atom. The third kappa shape index (κ3) is 3.67. The molecule has 0 aliphatic carbocycles. The summed E-state index contributed by atoms with van der Waals surface area (Å²) < 4.78 is 38.9. The van der Waals surface area contributed by atoms with Crippen LogP contribution in [0.15, 0.2) is 18.2 Å². The summed E-state index contributed by atoms with van der Waals surface area (Å²) in [4.78, 5) is 2.30. The third-order valence-corrected chi connectivity index (χ3v) is 5.13. The lowest BCUT2D eigenvalue weighted by Crippen LogP contribution is -2.61. The Bertz CT molecular complexity index is 638. The number of nitrogens with zero attached hydrogens (tertiary/aromatic N) is 2. The van der Waals surface area contributed by atoms with E-state index in [1.807, 2.05) is 6.07 Å². The van der Waals surface area contributed by atoms with Crippen molar-refractivity contribution in [3.8, 4) is 6.07 Å². The average Bonchev–Trinajstić information content (AvgIpc) is 2.43. The maximum absolute atomic E-state index is 13.0. The molecule has 0 bridgehead atoms. The Morgan fingerprint density at radius 2 is 1.71 bits per heavy atom. The van der Waals surface area contributed by atoms with Gasteiger partial charge in [-0.3, -0.25) is 4.90 Å². The van der Waals surface area contributed by atoms with Crippen molar-refractivity contribution < 1.29 is 13.2 Å². The van der Waals surface area contributed by atoms with Gasteiger partial charge in [-0.2, -0.15) is 18.4 Å². The number of halogens is 3. The molecule has 2 rings (SSSR count). The van der Waals surface area contributed by atoms with Crippen LogP contribution >= 0.6 is 0 Å². The van der Waals surface area contributed by atoms with Crippen molar-refractivity contribution in [2.45, 2.75) is 63.8 Å². The van der Waals surface area contributed by atoms with Gasteiger partial charge in [-0.1, -0.05) is 0 Å². The normalized spacial score (nSPS) is 21.3. The molecule has 0 saturated carbocycles. The first-order valence-corrected chi connectivity index (χ1v) is 7.99. The predicted molar refractivity (Wildman–Crippen MR) is 88.7 cm³/mol. The van der Waals surface area contributed by atoms with Gasteiger partial charge in [-0.15, -0.1) is 0 Å². The minimum absolute atomic E-state index is 0.00165. The van der Waals surface area contributed by atoms with Gasteiger partial charge in [0.05, 0.1) is 16.8 Å². The van der Waals surface area contributed by atoms with Crippen LogP contribution in [0.4, 0.5) is 18.9 Å².